The highest BCUT2D eigenvalue weighted by molar-refractivity contribution is 5.48. The van der Waals surface area contributed by atoms with Crippen molar-refractivity contribution in [3.05, 3.63) is 59.7 Å². The number of anilines is 1. The lowest BCUT2D eigenvalue weighted by Crippen LogP contribution is -2.29. The molecular formula is C17H24N2O. The summed E-state index contributed by atoms with van der Waals surface area (Å²) in [7, 11) is 1.65. The van der Waals surface area contributed by atoms with E-state index < -0.39 is 0 Å². The van der Waals surface area contributed by atoms with Gasteiger partial charge in [0.05, 0.1) is 19.3 Å². The van der Waals surface area contributed by atoms with Crippen LogP contribution < -0.4 is 15.6 Å². The number of methoxy groups -OCH3 is 1. The minimum atomic E-state index is 0.687. The molecule has 2 aromatic carbocycles. The molecule has 0 aliphatic carbocycles. The average Bonchev–Trinajstić information content (AvgIpc) is 2.51. The maximum absolute atomic E-state index is 6.05. The summed E-state index contributed by atoms with van der Waals surface area (Å²) >= 11 is 0. The summed E-state index contributed by atoms with van der Waals surface area (Å²) in [6.45, 7) is 6.76. The number of aryl methyl sites for hydroxylation is 1. The van der Waals surface area contributed by atoms with Crippen LogP contribution in [0.5, 0.6) is 5.75 Å². The molecule has 0 bridgehead atoms. The summed E-state index contributed by atoms with van der Waals surface area (Å²) in [5.74, 6) is 6.88. The summed E-state index contributed by atoms with van der Waals surface area (Å²) in [6, 6.07) is 16.1. The van der Waals surface area contributed by atoms with E-state index in [-0.39, 0.29) is 0 Å². The van der Waals surface area contributed by atoms with Crippen molar-refractivity contribution in [2.24, 2.45) is 5.84 Å². The first-order valence-electron chi connectivity index (χ1n) is 6.91. The Morgan fingerprint density at radius 2 is 1.50 bits per heavy atom. The molecular weight excluding hydrogens is 248 g/mol. The van der Waals surface area contributed by atoms with Crippen molar-refractivity contribution in [3.8, 4) is 5.75 Å². The molecule has 0 heterocycles. The zero-order chi connectivity index (χ0) is 15.0. The van der Waals surface area contributed by atoms with Crippen LogP contribution in [0.4, 0.5) is 5.69 Å². The first-order chi connectivity index (χ1) is 9.69. The highest BCUT2D eigenvalue weighted by Gasteiger charge is 2.03. The molecule has 0 aliphatic rings. The second-order valence-electron chi connectivity index (χ2n) is 4.31. The van der Waals surface area contributed by atoms with Crippen molar-refractivity contribution in [1.29, 1.82) is 0 Å². The van der Waals surface area contributed by atoms with E-state index in [1.807, 2.05) is 38.1 Å². The van der Waals surface area contributed by atoms with Gasteiger partial charge in [0.15, 0.2) is 0 Å². The molecule has 20 heavy (non-hydrogen) atoms. The van der Waals surface area contributed by atoms with Gasteiger partial charge in [-0.1, -0.05) is 43.7 Å². The van der Waals surface area contributed by atoms with Crippen molar-refractivity contribution >= 4 is 5.69 Å². The van der Waals surface area contributed by atoms with Gasteiger partial charge in [-0.05, 0) is 36.8 Å². The van der Waals surface area contributed by atoms with Crippen molar-refractivity contribution < 1.29 is 4.74 Å². The van der Waals surface area contributed by atoms with Crippen molar-refractivity contribution in [1.82, 2.24) is 0 Å². The summed E-state index contributed by atoms with van der Waals surface area (Å²) in [5, 5.41) is 1.73. The van der Waals surface area contributed by atoms with Gasteiger partial charge < -0.3 is 9.75 Å². The SMILES string of the molecule is CC.COc1ccc(N(N)Cc2ccc(C)cc2)cc1. The molecule has 3 nitrogen and oxygen atoms in total. The molecule has 0 spiro atoms. The Morgan fingerprint density at radius 1 is 0.950 bits per heavy atom. The minimum Gasteiger partial charge on any atom is -0.497 e. The summed E-state index contributed by atoms with van der Waals surface area (Å²) < 4.78 is 5.12. The summed E-state index contributed by atoms with van der Waals surface area (Å²) in [5.41, 5.74) is 3.42. The second kappa shape index (κ2) is 8.23. The van der Waals surface area contributed by atoms with Gasteiger partial charge in [0.1, 0.15) is 5.75 Å². The van der Waals surface area contributed by atoms with E-state index in [2.05, 4.69) is 31.2 Å². The Kier molecular flexibility index (Phi) is 6.60. The van der Waals surface area contributed by atoms with Crippen LogP contribution in [0.2, 0.25) is 0 Å². The Bertz CT molecular complexity index is 491. The molecule has 2 rings (SSSR count). The smallest absolute Gasteiger partial charge is 0.119 e. The van der Waals surface area contributed by atoms with E-state index in [0.717, 1.165) is 11.4 Å². The second-order valence-corrected chi connectivity index (χ2v) is 4.31. The predicted molar refractivity (Wildman–Crippen MR) is 85.9 cm³/mol. The largest absolute Gasteiger partial charge is 0.497 e. The Morgan fingerprint density at radius 3 is 2.00 bits per heavy atom. The van der Waals surface area contributed by atoms with Crippen LogP contribution >= 0.6 is 0 Å². The van der Waals surface area contributed by atoms with Crippen molar-refractivity contribution in [2.45, 2.75) is 27.3 Å². The minimum absolute atomic E-state index is 0.687. The molecule has 0 saturated carbocycles. The van der Waals surface area contributed by atoms with Gasteiger partial charge in [-0.3, -0.25) is 0 Å². The lowest BCUT2D eigenvalue weighted by molar-refractivity contribution is 0.415. The van der Waals surface area contributed by atoms with Gasteiger partial charge in [-0.15, -0.1) is 0 Å². The third kappa shape index (κ3) is 4.59. The van der Waals surface area contributed by atoms with Crippen LogP contribution in [0, 0.1) is 6.92 Å². The molecule has 0 aromatic heterocycles. The van der Waals surface area contributed by atoms with E-state index >= 15 is 0 Å². The molecule has 0 saturated heterocycles. The molecule has 2 aromatic rings. The van der Waals surface area contributed by atoms with Gasteiger partial charge in [0.25, 0.3) is 0 Å². The maximum atomic E-state index is 6.05. The third-order valence-electron chi connectivity index (χ3n) is 2.88. The van der Waals surface area contributed by atoms with Crippen LogP contribution in [0.15, 0.2) is 48.5 Å². The molecule has 0 aliphatic heterocycles. The Labute approximate surface area is 122 Å². The van der Waals surface area contributed by atoms with Gasteiger partial charge >= 0.3 is 0 Å². The first kappa shape index (κ1) is 16.1. The van der Waals surface area contributed by atoms with E-state index in [1.165, 1.54) is 11.1 Å². The first-order valence-corrected chi connectivity index (χ1v) is 6.91. The Hall–Kier alpha value is -2.00. The van der Waals surface area contributed by atoms with Gasteiger partial charge in [0, 0.05) is 0 Å². The number of benzene rings is 2. The highest BCUT2D eigenvalue weighted by atomic mass is 16.5. The van der Waals surface area contributed by atoms with Crippen LogP contribution in [0.25, 0.3) is 0 Å². The van der Waals surface area contributed by atoms with Crippen LogP contribution in [0.1, 0.15) is 25.0 Å². The molecule has 2 N–H and O–H groups in total. The van der Waals surface area contributed by atoms with Crippen LogP contribution in [-0.2, 0) is 6.54 Å². The quantitative estimate of drug-likeness (QED) is 0.677. The molecule has 0 fully saturated rings. The third-order valence-corrected chi connectivity index (χ3v) is 2.88. The van der Waals surface area contributed by atoms with Crippen LogP contribution in [-0.4, -0.2) is 7.11 Å². The number of ether oxygens (including phenoxy) is 1. The normalized spacial score (nSPS) is 9.45. The molecule has 0 amide bonds. The fourth-order valence-electron chi connectivity index (χ4n) is 1.76. The van der Waals surface area contributed by atoms with Gasteiger partial charge in [-0.25, -0.2) is 5.84 Å². The monoisotopic (exact) mass is 272 g/mol. The van der Waals surface area contributed by atoms with Gasteiger partial charge in [-0.2, -0.15) is 0 Å². The number of nitrogens with zero attached hydrogens (tertiary/aromatic N) is 1. The number of hydrogen-bond donors (Lipinski definition) is 1. The zero-order valence-corrected chi connectivity index (χ0v) is 12.8. The fourth-order valence-corrected chi connectivity index (χ4v) is 1.76. The zero-order valence-electron chi connectivity index (χ0n) is 12.8. The van der Waals surface area contributed by atoms with Crippen molar-refractivity contribution in [3.63, 3.8) is 0 Å². The van der Waals surface area contributed by atoms with Crippen molar-refractivity contribution in [2.75, 3.05) is 12.1 Å². The standard InChI is InChI=1S/C15H18N2O.C2H6/c1-12-3-5-13(6-4-12)11-17(16)14-7-9-15(18-2)10-8-14;1-2/h3-10H,11,16H2,1-2H3;1-2H3. The molecule has 0 atom stereocenters. The Balaban J connectivity index is 0.000000956. The lowest BCUT2D eigenvalue weighted by Gasteiger charge is -2.19. The lowest BCUT2D eigenvalue weighted by atomic mass is 10.1. The maximum Gasteiger partial charge on any atom is 0.119 e. The van der Waals surface area contributed by atoms with E-state index in [0.29, 0.717) is 6.54 Å². The molecule has 108 valence electrons. The number of hydrogen-bond acceptors (Lipinski definition) is 3. The highest BCUT2D eigenvalue weighted by Crippen LogP contribution is 2.18. The average molecular weight is 272 g/mol. The number of hydrazine groups is 1. The topological polar surface area (TPSA) is 38.5 Å². The number of nitrogens with two attached hydrogens (primary N) is 1. The summed E-state index contributed by atoms with van der Waals surface area (Å²) in [6.07, 6.45) is 0. The van der Waals surface area contributed by atoms with E-state index in [9.17, 15) is 0 Å². The molecule has 3 heteroatoms. The summed E-state index contributed by atoms with van der Waals surface area (Å²) in [4.78, 5) is 0. The van der Waals surface area contributed by atoms with E-state index in [4.69, 9.17) is 10.6 Å². The number of rotatable bonds is 4. The van der Waals surface area contributed by atoms with Crippen LogP contribution in [0.3, 0.4) is 0 Å². The van der Waals surface area contributed by atoms with Gasteiger partial charge in [0.2, 0.25) is 0 Å². The van der Waals surface area contributed by atoms with E-state index in [1.54, 1.807) is 12.1 Å². The predicted octanol–water partition coefficient (Wildman–Crippen LogP) is 3.91. The fraction of sp³-hybridized carbons (Fsp3) is 0.294. The molecule has 0 unspecified atom stereocenters. The molecule has 0 radical (unpaired) electrons.